The third-order valence-corrected chi connectivity index (χ3v) is 3.61. The quantitative estimate of drug-likeness (QED) is 0.767. The summed E-state index contributed by atoms with van der Waals surface area (Å²) in [5, 5.41) is 16.9. The van der Waals surface area contributed by atoms with Crippen LogP contribution in [0.15, 0.2) is 33.9 Å². The molecule has 0 saturated carbocycles. The molecule has 0 unspecified atom stereocenters. The van der Waals surface area contributed by atoms with Crippen LogP contribution in [0.1, 0.15) is 0 Å². The van der Waals surface area contributed by atoms with Gasteiger partial charge in [-0.3, -0.25) is 0 Å². The van der Waals surface area contributed by atoms with Crippen LogP contribution in [0, 0.1) is 0 Å². The molecule has 3 aromatic heterocycles. The molecule has 3 aromatic rings. The van der Waals surface area contributed by atoms with Gasteiger partial charge >= 0.3 is 0 Å². The molecule has 21 heavy (non-hydrogen) atoms. The molecule has 0 aliphatic carbocycles. The van der Waals surface area contributed by atoms with Crippen LogP contribution in [0.25, 0.3) is 22.8 Å². The van der Waals surface area contributed by atoms with Crippen LogP contribution in [0.4, 0.5) is 5.82 Å². The zero-order valence-electron chi connectivity index (χ0n) is 11.3. The minimum absolute atomic E-state index is 0.0317. The van der Waals surface area contributed by atoms with Crippen molar-refractivity contribution in [3.63, 3.8) is 0 Å². The molecule has 0 atom stereocenters. The van der Waals surface area contributed by atoms with Crippen LogP contribution >= 0.6 is 11.3 Å². The number of hydrogen-bond acceptors (Lipinski definition) is 8. The monoisotopic (exact) mass is 303 g/mol. The number of aliphatic hydroxyl groups excluding tert-OH is 1. The highest BCUT2D eigenvalue weighted by Gasteiger charge is 2.17. The number of nitrogens with zero attached hydrogens (tertiary/aromatic N) is 5. The van der Waals surface area contributed by atoms with Crippen molar-refractivity contribution in [2.24, 2.45) is 0 Å². The van der Waals surface area contributed by atoms with Crippen molar-refractivity contribution in [3.8, 4) is 22.8 Å². The van der Waals surface area contributed by atoms with Crippen LogP contribution < -0.4 is 4.90 Å². The molecule has 0 spiro atoms. The summed E-state index contributed by atoms with van der Waals surface area (Å²) in [7, 11) is 1.83. The van der Waals surface area contributed by atoms with E-state index in [0.717, 1.165) is 5.56 Å². The Balaban J connectivity index is 1.97. The molecule has 3 heterocycles. The molecule has 8 heteroatoms. The van der Waals surface area contributed by atoms with Gasteiger partial charge in [-0.1, -0.05) is 5.16 Å². The first-order valence-electron chi connectivity index (χ1n) is 6.28. The molecule has 0 aromatic carbocycles. The number of anilines is 1. The largest absolute Gasteiger partial charge is 0.395 e. The molecule has 0 radical (unpaired) electrons. The van der Waals surface area contributed by atoms with E-state index in [1.165, 1.54) is 6.33 Å². The van der Waals surface area contributed by atoms with Gasteiger partial charge in [-0.25, -0.2) is 9.97 Å². The van der Waals surface area contributed by atoms with Crippen LogP contribution in [0.2, 0.25) is 0 Å². The maximum absolute atomic E-state index is 9.05. The number of thiophene rings is 1. The highest BCUT2D eigenvalue weighted by Crippen LogP contribution is 2.28. The van der Waals surface area contributed by atoms with Gasteiger partial charge in [0.2, 0.25) is 5.82 Å². The van der Waals surface area contributed by atoms with E-state index >= 15 is 0 Å². The Morgan fingerprint density at radius 2 is 2.33 bits per heavy atom. The first-order valence-corrected chi connectivity index (χ1v) is 7.22. The highest BCUT2D eigenvalue weighted by molar-refractivity contribution is 7.08. The van der Waals surface area contributed by atoms with Gasteiger partial charge in [0.15, 0.2) is 0 Å². The second kappa shape index (κ2) is 5.98. The van der Waals surface area contributed by atoms with E-state index in [-0.39, 0.29) is 6.61 Å². The number of rotatable bonds is 5. The average Bonchev–Trinajstić information content (AvgIpc) is 3.18. The Labute approximate surface area is 124 Å². The van der Waals surface area contributed by atoms with Crippen molar-refractivity contribution in [2.45, 2.75) is 0 Å². The van der Waals surface area contributed by atoms with Gasteiger partial charge in [0.25, 0.3) is 5.89 Å². The van der Waals surface area contributed by atoms with Crippen molar-refractivity contribution < 1.29 is 9.63 Å². The molecule has 0 bridgehead atoms. The van der Waals surface area contributed by atoms with E-state index in [9.17, 15) is 0 Å². The molecule has 0 aliphatic heterocycles. The number of aliphatic hydroxyl groups is 1. The molecular weight excluding hydrogens is 290 g/mol. The summed E-state index contributed by atoms with van der Waals surface area (Å²) in [5.74, 6) is 1.53. The fourth-order valence-electron chi connectivity index (χ4n) is 1.88. The second-order valence-electron chi connectivity index (χ2n) is 4.34. The van der Waals surface area contributed by atoms with E-state index in [1.54, 1.807) is 17.5 Å². The minimum atomic E-state index is 0.0317. The fourth-order valence-corrected chi connectivity index (χ4v) is 2.51. The Morgan fingerprint density at radius 3 is 3.10 bits per heavy atom. The first-order chi connectivity index (χ1) is 10.3. The topological polar surface area (TPSA) is 88.2 Å². The molecular formula is C13H13N5O2S. The van der Waals surface area contributed by atoms with Gasteiger partial charge in [-0.2, -0.15) is 16.3 Å². The summed E-state index contributed by atoms with van der Waals surface area (Å²) in [4.78, 5) is 14.4. The van der Waals surface area contributed by atoms with Crippen LogP contribution in [0.5, 0.6) is 0 Å². The van der Waals surface area contributed by atoms with E-state index in [4.69, 9.17) is 9.63 Å². The van der Waals surface area contributed by atoms with Crippen LogP contribution in [-0.2, 0) is 0 Å². The fraction of sp³-hybridized carbons (Fsp3) is 0.231. The number of aromatic nitrogens is 4. The zero-order valence-corrected chi connectivity index (χ0v) is 12.1. The molecule has 0 saturated heterocycles. The zero-order chi connectivity index (χ0) is 14.7. The third kappa shape index (κ3) is 2.76. The molecule has 1 N–H and O–H groups in total. The van der Waals surface area contributed by atoms with Crippen molar-refractivity contribution in [1.29, 1.82) is 0 Å². The van der Waals surface area contributed by atoms with Crippen molar-refractivity contribution in [2.75, 3.05) is 25.1 Å². The highest BCUT2D eigenvalue weighted by atomic mass is 32.1. The van der Waals surface area contributed by atoms with E-state index in [0.29, 0.717) is 29.6 Å². The van der Waals surface area contributed by atoms with Crippen LogP contribution in [0.3, 0.4) is 0 Å². The van der Waals surface area contributed by atoms with Gasteiger partial charge in [-0.05, 0) is 11.4 Å². The Bertz CT molecular complexity index is 713. The Hall–Kier alpha value is -2.32. The summed E-state index contributed by atoms with van der Waals surface area (Å²) in [6.45, 7) is 0.486. The van der Waals surface area contributed by atoms with Gasteiger partial charge < -0.3 is 14.5 Å². The molecule has 0 aliphatic rings. The molecule has 3 rings (SSSR count). The van der Waals surface area contributed by atoms with Crippen molar-refractivity contribution in [3.05, 3.63) is 29.4 Å². The van der Waals surface area contributed by atoms with Gasteiger partial charge in [0.1, 0.15) is 17.7 Å². The lowest BCUT2D eigenvalue weighted by Gasteiger charge is -2.17. The summed E-state index contributed by atoms with van der Waals surface area (Å²) in [5.41, 5.74) is 1.56. The van der Waals surface area contributed by atoms with Crippen molar-refractivity contribution in [1.82, 2.24) is 20.1 Å². The molecule has 7 nitrogen and oxygen atoms in total. The van der Waals surface area contributed by atoms with Gasteiger partial charge in [0, 0.05) is 30.7 Å². The predicted molar refractivity (Wildman–Crippen MR) is 79.0 cm³/mol. The lowest BCUT2D eigenvalue weighted by molar-refractivity contribution is 0.304. The van der Waals surface area contributed by atoms with E-state index in [1.807, 2.05) is 28.8 Å². The SMILES string of the molecule is CN(CCO)c1ncncc1-c1nc(-c2ccsc2)no1. The van der Waals surface area contributed by atoms with Gasteiger partial charge in [-0.15, -0.1) is 0 Å². The van der Waals surface area contributed by atoms with Crippen LogP contribution in [-0.4, -0.2) is 45.4 Å². The molecule has 0 amide bonds. The Morgan fingerprint density at radius 1 is 1.43 bits per heavy atom. The Kier molecular flexibility index (Phi) is 3.89. The smallest absolute Gasteiger partial charge is 0.263 e. The normalized spacial score (nSPS) is 10.8. The first kappa shape index (κ1) is 13.7. The summed E-state index contributed by atoms with van der Waals surface area (Å²) >= 11 is 1.57. The summed E-state index contributed by atoms with van der Waals surface area (Å²) < 4.78 is 5.32. The maximum atomic E-state index is 9.05. The second-order valence-corrected chi connectivity index (χ2v) is 5.12. The number of likely N-dealkylation sites (N-methyl/N-ethyl adjacent to an activating group) is 1. The summed E-state index contributed by atoms with van der Waals surface area (Å²) in [6.07, 6.45) is 3.07. The lowest BCUT2D eigenvalue weighted by Crippen LogP contribution is -2.23. The standard InChI is InChI=1S/C13H13N5O2S/c1-18(3-4-19)12-10(6-14-8-15-12)13-16-11(17-20-13)9-2-5-21-7-9/h2,5-8,19H,3-4H2,1H3. The lowest BCUT2D eigenvalue weighted by atomic mass is 10.3. The van der Waals surface area contributed by atoms with E-state index < -0.39 is 0 Å². The van der Waals surface area contributed by atoms with Crippen molar-refractivity contribution >= 4 is 17.2 Å². The van der Waals surface area contributed by atoms with Gasteiger partial charge in [0.05, 0.1) is 6.61 Å². The summed E-state index contributed by atoms with van der Waals surface area (Å²) in [6, 6.07) is 1.93. The molecule has 108 valence electrons. The van der Waals surface area contributed by atoms with E-state index in [2.05, 4.69) is 20.1 Å². The predicted octanol–water partition coefficient (Wildman–Crippen LogP) is 1.68. The average molecular weight is 303 g/mol. The maximum Gasteiger partial charge on any atom is 0.263 e. The molecule has 0 fully saturated rings. The minimum Gasteiger partial charge on any atom is -0.395 e. The number of hydrogen-bond donors (Lipinski definition) is 1. The third-order valence-electron chi connectivity index (χ3n) is 2.92.